The van der Waals surface area contributed by atoms with Crippen molar-refractivity contribution in [1.29, 1.82) is 0 Å². The van der Waals surface area contributed by atoms with Gasteiger partial charge in [-0.3, -0.25) is 9.71 Å². The SMILES string of the molecule is C=C/C(=C\c1c(NC)cc(C2=C(C)CN=C2C)cc1SNC1CCCC1)NCCCC. The van der Waals surface area contributed by atoms with Crippen molar-refractivity contribution in [1.82, 2.24) is 10.0 Å². The summed E-state index contributed by atoms with van der Waals surface area (Å²) in [4.78, 5) is 5.90. The lowest BCUT2D eigenvalue weighted by Gasteiger charge is -2.19. The van der Waals surface area contributed by atoms with Gasteiger partial charge in [-0.1, -0.05) is 32.8 Å². The third-order valence-electron chi connectivity index (χ3n) is 6.11. The fourth-order valence-electron chi connectivity index (χ4n) is 4.31. The number of hydrogen-bond donors (Lipinski definition) is 3. The highest BCUT2D eigenvalue weighted by Crippen LogP contribution is 2.36. The van der Waals surface area contributed by atoms with E-state index in [9.17, 15) is 0 Å². The molecule has 0 radical (unpaired) electrons. The van der Waals surface area contributed by atoms with Gasteiger partial charge in [-0.25, -0.2) is 0 Å². The van der Waals surface area contributed by atoms with E-state index in [1.54, 1.807) is 11.9 Å². The maximum Gasteiger partial charge on any atom is 0.0610 e. The molecule has 5 heteroatoms. The van der Waals surface area contributed by atoms with E-state index in [0.717, 1.165) is 36.6 Å². The topological polar surface area (TPSA) is 48.5 Å². The largest absolute Gasteiger partial charge is 0.388 e. The van der Waals surface area contributed by atoms with Crippen LogP contribution < -0.4 is 15.4 Å². The molecule has 1 aromatic rings. The Kier molecular flexibility index (Phi) is 8.85. The van der Waals surface area contributed by atoms with Crippen LogP contribution in [0.5, 0.6) is 0 Å². The smallest absolute Gasteiger partial charge is 0.0610 e. The Hall–Kier alpha value is -1.98. The molecule has 0 spiro atoms. The van der Waals surface area contributed by atoms with E-state index in [4.69, 9.17) is 0 Å². The summed E-state index contributed by atoms with van der Waals surface area (Å²) in [6, 6.07) is 5.19. The molecule has 0 aromatic heterocycles. The van der Waals surface area contributed by atoms with E-state index in [1.807, 2.05) is 13.1 Å². The fraction of sp³-hybridized carbons (Fsp3) is 0.500. The minimum Gasteiger partial charge on any atom is -0.388 e. The molecule has 1 aliphatic carbocycles. The normalized spacial score (nSPS) is 17.3. The number of nitrogens with one attached hydrogen (secondary N) is 3. The molecule has 0 atom stereocenters. The standard InChI is InChI=1S/C26H38N4S/c1-6-8-13-28-21(7-2)16-23-24(27-5)14-20(26-18(3)17-29-19(26)4)15-25(23)31-30-22-11-9-10-12-22/h7,14-16,22,27-28,30H,2,6,8-13,17H2,1,3-5H3/b21-16+. The first-order valence-corrected chi connectivity index (χ1v) is 12.5. The van der Waals surface area contributed by atoms with Gasteiger partial charge in [0.2, 0.25) is 0 Å². The van der Waals surface area contributed by atoms with Crippen molar-refractivity contribution in [2.24, 2.45) is 4.99 Å². The zero-order chi connectivity index (χ0) is 22.2. The fourth-order valence-corrected chi connectivity index (χ4v) is 5.30. The summed E-state index contributed by atoms with van der Waals surface area (Å²) in [7, 11) is 2.00. The van der Waals surface area contributed by atoms with Gasteiger partial charge < -0.3 is 10.6 Å². The Labute approximate surface area is 192 Å². The molecule has 2 aliphatic rings. The Morgan fingerprint density at radius 2 is 2.03 bits per heavy atom. The van der Waals surface area contributed by atoms with Gasteiger partial charge in [-0.15, -0.1) is 0 Å². The van der Waals surface area contributed by atoms with Gasteiger partial charge in [0.25, 0.3) is 0 Å². The maximum atomic E-state index is 4.66. The molecule has 0 unspecified atom stereocenters. The van der Waals surface area contributed by atoms with Gasteiger partial charge in [0.05, 0.1) is 6.54 Å². The first-order chi connectivity index (χ1) is 15.1. The molecular weight excluding hydrogens is 400 g/mol. The van der Waals surface area contributed by atoms with E-state index < -0.39 is 0 Å². The molecule has 0 bridgehead atoms. The number of aliphatic imine (C=N–C) groups is 1. The zero-order valence-corrected chi connectivity index (χ0v) is 20.4. The lowest BCUT2D eigenvalue weighted by atomic mass is 9.96. The Morgan fingerprint density at radius 3 is 2.65 bits per heavy atom. The summed E-state index contributed by atoms with van der Waals surface area (Å²) in [5.41, 5.74) is 8.41. The number of benzene rings is 1. The van der Waals surface area contributed by atoms with Crippen LogP contribution in [0, 0.1) is 0 Å². The molecule has 0 saturated heterocycles. The second-order valence-corrected chi connectivity index (χ2v) is 9.41. The van der Waals surface area contributed by atoms with Gasteiger partial charge in [0.1, 0.15) is 0 Å². The second-order valence-electron chi connectivity index (χ2n) is 8.53. The highest BCUT2D eigenvalue weighted by atomic mass is 32.2. The summed E-state index contributed by atoms with van der Waals surface area (Å²) in [6.07, 6.45) is 11.7. The number of anilines is 1. The Morgan fingerprint density at radius 1 is 1.26 bits per heavy atom. The van der Waals surface area contributed by atoms with Crippen molar-refractivity contribution < 1.29 is 0 Å². The lowest BCUT2D eigenvalue weighted by molar-refractivity contribution is 0.657. The molecule has 0 amide bonds. The first-order valence-electron chi connectivity index (χ1n) is 11.6. The predicted molar refractivity (Wildman–Crippen MR) is 139 cm³/mol. The van der Waals surface area contributed by atoms with Crippen LogP contribution >= 0.6 is 11.9 Å². The summed E-state index contributed by atoms with van der Waals surface area (Å²) in [5.74, 6) is 0. The quantitative estimate of drug-likeness (QED) is 0.212. The zero-order valence-electron chi connectivity index (χ0n) is 19.6. The van der Waals surface area contributed by atoms with Crippen LogP contribution in [0.25, 0.3) is 11.6 Å². The van der Waals surface area contributed by atoms with Crippen molar-refractivity contribution >= 4 is 35.0 Å². The van der Waals surface area contributed by atoms with Crippen molar-refractivity contribution in [3.05, 3.63) is 47.2 Å². The third-order valence-corrected chi connectivity index (χ3v) is 7.12. The van der Waals surface area contributed by atoms with E-state index >= 15 is 0 Å². The Balaban J connectivity index is 2.00. The van der Waals surface area contributed by atoms with Crippen molar-refractivity contribution in [3.63, 3.8) is 0 Å². The van der Waals surface area contributed by atoms with Gasteiger partial charge >= 0.3 is 0 Å². The molecule has 1 aromatic carbocycles. The van der Waals surface area contributed by atoms with Crippen LogP contribution in [0.15, 0.2) is 45.9 Å². The van der Waals surface area contributed by atoms with Crippen molar-refractivity contribution in [2.45, 2.75) is 70.2 Å². The number of hydrogen-bond acceptors (Lipinski definition) is 5. The van der Waals surface area contributed by atoms with Crippen LogP contribution in [-0.4, -0.2) is 31.9 Å². The number of unbranched alkanes of at least 4 members (excludes halogenated alkanes) is 1. The molecule has 1 heterocycles. The van der Waals surface area contributed by atoms with Gasteiger partial charge in [0, 0.05) is 52.8 Å². The number of rotatable bonds is 11. The summed E-state index contributed by atoms with van der Waals surface area (Å²) in [5, 5.41) is 6.98. The molecule has 31 heavy (non-hydrogen) atoms. The van der Waals surface area contributed by atoms with Crippen LogP contribution in [0.2, 0.25) is 0 Å². The van der Waals surface area contributed by atoms with Crippen molar-refractivity contribution in [3.8, 4) is 0 Å². The summed E-state index contributed by atoms with van der Waals surface area (Å²) >= 11 is 1.77. The maximum absolute atomic E-state index is 4.66. The molecule has 1 fully saturated rings. The lowest BCUT2D eigenvalue weighted by Crippen LogP contribution is -2.18. The van der Waals surface area contributed by atoms with E-state index in [1.165, 1.54) is 59.3 Å². The monoisotopic (exact) mass is 438 g/mol. The van der Waals surface area contributed by atoms with E-state index in [0.29, 0.717) is 6.04 Å². The molecule has 168 valence electrons. The van der Waals surface area contributed by atoms with Gasteiger partial charge in [-0.05, 0) is 80.5 Å². The second kappa shape index (κ2) is 11.6. The number of allylic oxidation sites excluding steroid dienone is 2. The molecule has 3 N–H and O–H groups in total. The highest BCUT2D eigenvalue weighted by Gasteiger charge is 2.20. The van der Waals surface area contributed by atoms with Gasteiger partial charge in [-0.2, -0.15) is 0 Å². The minimum atomic E-state index is 0.598. The van der Waals surface area contributed by atoms with E-state index in [2.05, 4.69) is 65.9 Å². The highest BCUT2D eigenvalue weighted by molar-refractivity contribution is 7.97. The molecule has 1 saturated carbocycles. The predicted octanol–water partition coefficient (Wildman–Crippen LogP) is 6.43. The molecule has 4 nitrogen and oxygen atoms in total. The van der Waals surface area contributed by atoms with Crippen LogP contribution in [0.1, 0.15) is 70.4 Å². The molecule has 1 aliphatic heterocycles. The minimum absolute atomic E-state index is 0.598. The van der Waals surface area contributed by atoms with Crippen molar-refractivity contribution in [2.75, 3.05) is 25.5 Å². The average Bonchev–Trinajstić information content (AvgIpc) is 3.41. The van der Waals surface area contributed by atoms with Crippen LogP contribution in [0.4, 0.5) is 5.69 Å². The molecular formula is C26H38N4S. The molecule has 3 rings (SSSR count). The Bertz CT molecular complexity index is 876. The van der Waals surface area contributed by atoms with Crippen LogP contribution in [0.3, 0.4) is 0 Å². The average molecular weight is 439 g/mol. The number of nitrogens with zero attached hydrogens (tertiary/aromatic N) is 1. The van der Waals surface area contributed by atoms with Crippen LogP contribution in [-0.2, 0) is 0 Å². The first kappa shape index (κ1) is 23.7. The van der Waals surface area contributed by atoms with Gasteiger partial charge in [0.15, 0.2) is 0 Å². The third kappa shape index (κ3) is 6.05. The van der Waals surface area contributed by atoms with E-state index in [-0.39, 0.29) is 0 Å². The summed E-state index contributed by atoms with van der Waals surface area (Å²) in [6.45, 7) is 12.3. The summed E-state index contributed by atoms with van der Waals surface area (Å²) < 4.78 is 3.74.